The molecule has 4 nitrogen and oxygen atoms in total. The first kappa shape index (κ1) is 13.0. The highest BCUT2D eigenvalue weighted by atomic mass is 32.1. The van der Waals surface area contributed by atoms with Crippen molar-refractivity contribution in [2.75, 3.05) is 29.9 Å². The maximum atomic E-state index is 4.53. The molecule has 104 valence electrons. The van der Waals surface area contributed by atoms with E-state index in [4.69, 9.17) is 0 Å². The molecule has 0 amide bonds. The molecule has 2 heterocycles. The number of anilines is 2. The number of hydrogen-bond acceptors (Lipinski definition) is 5. The van der Waals surface area contributed by atoms with Crippen molar-refractivity contribution in [2.45, 2.75) is 37.4 Å². The molecule has 1 atom stereocenters. The van der Waals surface area contributed by atoms with Crippen molar-refractivity contribution in [2.24, 2.45) is 5.92 Å². The Labute approximate surface area is 120 Å². The Bertz CT molecular complexity index is 420. The standard InChI is InChI=1S/C14H22N4S/c19-13-5-6-18(10-13)12-7-14(17-16-9-12)15-8-11-3-1-2-4-11/h7,9,11,13,19H,1-6,8,10H2,(H,15,17). The van der Waals surface area contributed by atoms with Gasteiger partial charge < -0.3 is 10.2 Å². The van der Waals surface area contributed by atoms with Crippen LogP contribution in [0, 0.1) is 5.92 Å². The van der Waals surface area contributed by atoms with Crippen molar-refractivity contribution in [3.8, 4) is 0 Å². The van der Waals surface area contributed by atoms with Gasteiger partial charge in [0.2, 0.25) is 0 Å². The van der Waals surface area contributed by atoms with E-state index in [2.05, 4.69) is 39.1 Å². The van der Waals surface area contributed by atoms with Crippen LogP contribution < -0.4 is 10.2 Å². The maximum Gasteiger partial charge on any atom is 0.150 e. The monoisotopic (exact) mass is 278 g/mol. The second kappa shape index (κ2) is 5.99. The SMILES string of the molecule is SC1CCN(c2cnnc(NCC3CCCC3)c2)C1. The Hall–Kier alpha value is -0.970. The van der Waals surface area contributed by atoms with Gasteiger partial charge in [0, 0.05) is 31.0 Å². The lowest BCUT2D eigenvalue weighted by Gasteiger charge is -2.18. The Morgan fingerprint density at radius 1 is 1.32 bits per heavy atom. The van der Waals surface area contributed by atoms with Gasteiger partial charge in [-0.15, -0.1) is 5.10 Å². The summed E-state index contributed by atoms with van der Waals surface area (Å²) in [6.07, 6.45) is 8.48. The number of nitrogens with zero attached hydrogens (tertiary/aromatic N) is 3. The highest BCUT2D eigenvalue weighted by Gasteiger charge is 2.20. The van der Waals surface area contributed by atoms with Crippen LogP contribution in [0.1, 0.15) is 32.1 Å². The van der Waals surface area contributed by atoms with E-state index in [1.54, 1.807) is 0 Å². The largest absolute Gasteiger partial charge is 0.369 e. The van der Waals surface area contributed by atoms with Crippen LogP contribution in [-0.2, 0) is 0 Å². The van der Waals surface area contributed by atoms with Gasteiger partial charge in [-0.1, -0.05) is 12.8 Å². The van der Waals surface area contributed by atoms with E-state index in [1.807, 2.05) is 6.20 Å². The van der Waals surface area contributed by atoms with Crippen LogP contribution in [0.2, 0.25) is 0 Å². The van der Waals surface area contributed by atoms with Crippen LogP contribution in [0.25, 0.3) is 0 Å². The summed E-state index contributed by atoms with van der Waals surface area (Å²) in [5.41, 5.74) is 1.17. The van der Waals surface area contributed by atoms with Crippen LogP contribution in [0.3, 0.4) is 0 Å². The van der Waals surface area contributed by atoms with E-state index >= 15 is 0 Å². The summed E-state index contributed by atoms with van der Waals surface area (Å²) in [7, 11) is 0. The second-order valence-electron chi connectivity index (χ2n) is 5.72. The van der Waals surface area contributed by atoms with Gasteiger partial charge in [0.1, 0.15) is 0 Å². The van der Waals surface area contributed by atoms with Crippen LogP contribution in [0.15, 0.2) is 12.3 Å². The number of hydrogen-bond donors (Lipinski definition) is 2. The predicted molar refractivity (Wildman–Crippen MR) is 82.1 cm³/mol. The van der Waals surface area contributed by atoms with Crippen LogP contribution in [-0.4, -0.2) is 35.1 Å². The number of thiol groups is 1. The Morgan fingerprint density at radius 3 is 2.89 bits per heavy atom. The van der Waals surface area contributed by atoms with Gasteiger partial charge in [-0.25, -0.2) is 0 Å². The molecule has 0 radical (unpaired) electrons. The molecule has 1 aromatic heterocycles. The fourth-order valence-electron chi connectivity index (χ4n) is 3.06. The molecule has 1 N–H and O–H groups in total. The average Bonchev–Trinajstić information content (AvgIpc) is 3.08. The molecule has 1 aliphatic heterocycles. The molecule has 1 aliphatic carbocycles. The topological polar surface area (TPSA) is 41.1 Å². The van der Waals surface area contributed by atoms with Crippen molar-refractivity contribution < 1.29 is 0 Å². The summed E-state index contributed by atoms with van der Waals surface area (Å²) in [5.74, 6) is 1.73. The molecule has 0 aromatic carbocycles. The molecule has 19 heavy (non-hydrogen) atoms. The van der Waals surface area contributed by atoms with Crippen LogP contribution in [0.4, 0.5) is 11.5 Å². The summed E-state index contributed by atoms with van der Waals surface area (Å²) >= 11 is 4.53. The molecule has 3 rings (SSSR count). The number of aromatic nitrogens is 2. The first-order chi connectivity index (χ1) is 9.31. The van der Waals surface area contributed by atoms with E-state index in [9.17, 15) is 0 Å². The molecule has 2 aliphatic rings. The summed E-state index contributed by atoms with van der Waals surface area (Å²) in [6, 6.07) is 2.12. The molecule has 2 fully saturated rings. The molecule has 1 unspecified atom stereocenters. The Morgan fingerprint density at radius 2 is 2.16 bits per heavy atom. The third-order valence-electron chi connectivity index (χ3n) is 4.22. The van der Waals surface area contributed by atoms with Gasteiger partial charge in [0.05, 0.1) is 11.9 Å². The number of nitrogens with one attached hydrogen (secondary N) is 1. The molecule has 0 bridgehead atoms. The average molecular weight is 278 g/mol. The quantitative estimate of drug-likeness (QED) is 0.831. The fourth-order valence-corrected chi connectivity index (χ4v) is 3.37. The van der Waals surface area contributed by atoms with Crippen molar-refractivity contribution in [3.63, 3.8) is 0 Å². The summed E-state index contributed by atoms with van der Waals surface area (Å²) in [6.45, 7) is 3.12. The van der Waals surface area contributed by atoms with E-state index in [0.29, 0.717) is 5.25 Å². The summed E-state index contributed by atoms with van der Waals surface area (Å²) in [5, 5.41) is 12.2. The highest BCUT2D eigenvalue weighted by molar-refractivity contribution is 7.81. The van der Waals surface area contributed by atoms with Crippen molar-refractivity contribution in [1.29, 1.82) is 0 Å². The lowest BCUT2D eigenvalue weighted by atomic mass is 10.1. The normalized spacial score (nSPS) is 24.1. The van der Waals surface area contributed by atoms with Gasteiger partial charge >= 0.3 is 0 Å². The minimum atomic E-state index is 0.489. The first-order valence-corrected chi connectivity index (χ1v) is 7.82. The summed E-state index contributed by atoms with van der Waals surface area (Å²) < 4.78 is 0. The molecule has 1 aromatic rings. The summed E-state index contributed by atoms with van der Waals surface area (Å²) in [4.78, 5) is 2.34. The first-order valence-electron chi connectivity index (χ1n) is 7.31. The van der Waals surface area contributed by atoms with E-state index < -0.39 is 0 Å². The Kier molecular flexibility index (Phi) is 4.11. The van der Waals surface area contributed by atoms with Crippen LogP contribution >= 0.6 is 12.6 Å². The van der Waals surface area contributed by atoms with Gasteiger partial charge in [0.15, 0.2) is 5.82 Å². The van der Waals surface area contributed by atoms with Crippen LogP contribution in [0.5, 0.6) is 0 Å². The fraction of sp³-hybridized carbons (Fsp3) is 0.714. The van der Waals surface area contributed by atoms with E-state index in [0.717, 1.165) is 37.8 Å². The molecule has 0 spiro atoms. The van der Waals surface area contributed by atoms with Gasteiger partial charge in [-0.05, 0) is 25.2 Å². The van der Waals surface area contributed by atoms with Gasteiger partial charge in [-0.2, -0.15) is 17.7 Å². The molecular weight excluding hydrogens is 256 g/mol. The zero-order valence-corrected chi connectivity index (χ0v) is 12.1. The van der Waals surface area contributed by atoms with Gasteiger partial charge in [0.25, 0.3) is 0 Å². The lowest BCUT2D eigenvalue weighted by molar-refractivity contribution is 0.578. The minimum Gasteiger partial charge on any atom is -0.369 e. The van der Waals surface area contributed by atoms with Crippen molar-refractivity contribution in [1.82, 2.24) is 10.2 Å². The molecule has 1 saturated carbocycles. The zero-order chi connectivity index (χ0) is 13.1. The van der Waals surface area contributed by atoms with Crippen molar-refractivity contribution in [3.05, 3.63) is 12.3 Å². The minimum absolute atomic E-state index is 0.489. The third kappa shape index (κ3) is 3.32. The highest BCUT2D eigenvalue weighted by Crippen LogP contribution is 2.26. The zero-order valence-electron chi connectivity index (χ0n) is 11.3. The Balaban J connectivity index is 1.59. The second-order valence-corrected chi connectivity index (χ2v) is 6.45. The number of rotatable bonds is 4. The molecule has 1 saturated heterocycles. The smallest absolute Gasteiger partial charge is 0.150 e. The van der Waals surface area contributed by atoms with Gasteiger partial charge in [-0.3, -0.25) is 0 Å². The van der Waals surface area contributed by atoms with E-state index in [-0.39, 0.29) is 0 Å². The predicted octanol–water partition coefficient (Wildman–Crippen LogP) is 2.59. The molecule has 5 heteroatoms. The molecular formula is C14H22N4S. The van der Waals surface area contributed by atoms with E-state index in [1.165, 1.54) is 31.4 Å². The third-order valence-corrected chi connectivity index (χ3v) is 4.64. The van der Waals surface area contributed by atoms with Crippen molar-refractivity contribution >= 4 is 24.1 Å². The maximum absolute atomic E-state index is 4.53. The lowest BCUT2D eigenvalue weighted by Crippen LogP contribution is -2.20.